The Balaban J connectivity index is 1.49. The van der Waals surface area contributed by atoms with E-state index in [2.05, 4.69) is 5.32 Å². The van der Waals surface area contributed by atoms with Gasteiger partial charge in [-0.15, -0.1) is 0 Å². The van der Waals surface area contributed by atoms with E-state index in [4.69, 9.17) is 10.5 Å². The molecule has 24 heavy (non-hydrogen) atoms. The Morgan fingerprint density at radius 2 is 1.96 bits per heavy atom. The summed E-state index contributed by atoms with van der Waals surface area (Å²) in [6, 6.07) is 4.94. The van der Waals surface area contributed by atoms with E-state index in [0.717, 1.165) is 25.3 Å². The molecule has 7 heteroatoms. The third-order valence-electron chi connectivity index (χ3n) is 5.13. The first-order valence-corrected chi connectivity index (χ1v) is 8.20. The Morgan fingerprint density at radius 3 is 2.62 bits per heavy atom. The number of nitrogens with one attached hydrogen (secondary N) is 1. The molecule has 1 amide bonds. The summed E-state index contributed by atoms with van der Waals surface area (Å²) in [5, 5.41) is 2.74. The minimum Gasteiger partial charge on any atom is -0.491 e. The van der Waals surface area contributed by atoms with Gasteiger partial charge in [-0.05, 0) is 43.2 Å². The molecule has 4 unspecified atom stereocenters. The summed E-state index contributed by atoms with van der Waals surface area (Å²) in [5.74, 6) is 0.266. The molecule has 3 N–H and O–H groups in total. The van der Waals surface area contributed by atoms with Crippen LogP contribution in [0.2, 0.25) is 0 Å². The smallest absolute Gasteiger partial charge is 0.419 e. The van der Waals surface area contributed by atoms with Crippen LogP contribution in [0.4, 0.5) is 13.2 Å². The van der Waals surface area contributed by atoms with E-state index < -0.39 is 11.7 Å². The second-order valence-electron chi connectivity index (χ2n) is 6.57. The van der Waals surface area contributed by atoms with Crippen molar-refractivity contribution in [2.45, 2.75) is 31.5 Å². The number of carbonyl (C=O) groups is 1. The first kappa shape index (κ1) is 17.1. The summed E-state index contributed by atoms with van der Waals surface area (Å²) in [5.41, 5.74) is 5.30. The molecule has 2 aliphatic carbocycles. The summed E-state index contributed by atoms with van der Waals surface area (Å²) in [4.78, 5) is 12.3. The minimum absolute atomic E-state index is 0.0190. The van der Waals surface area contributed by atoms with Crippen LogP contribution in [-0.2, 0) is 11.0 Å². The van der Waals surface area contributed by atoms with Gasteiger partial charge < -0.3 is 15.8 Å². The summed E-state index contributed by atoms with van der Waals surface area (Å²) in [6.07, 6.45) is -1.33. The number of carbonyl (C=O) groups excluding carboxylic acids is 1. The number of hydrogen-bond acceptors (Lipinski definition) is 3. The molecule has 4 nitrogen and oxygen atoms in total. The molecule has 132 valence electrons. The van der Waals surface area contributed by atoms with Crippen LogP contribution in [0.15, 0.2) is 24.3 Å². The van der Waals surface area contributed by atoms with Crippen LogP contribution in [-0.4, -0.2) is 25.1 Å². The SMILES string of the molecule is NC1C2CCC(C2)C1C(=O)NCCOc1ccccc1C(F)(F)F. The molecule has 2 fully saturated rings. The van der Waals surface area contributed by atoms with Gasteiger partial charge in [0.15, 0.2) is 0 Å². The lowest BCUT2D eigenvalue weighted by Gasteiger charge is -2.27. The van der Waals surface area contributed by atoms with Gasteiger partial charge >= 0.3 is 6.18 Å². The van der Waals surface area contributed by atoms with Gasteiger partial charge in [0.05, 0.1) is 18.0 Å². The van der Waals surface area contributed by atoms with Crippen molar-refractivity contribution in [3.8, 4) is 5.75 Å². The maximum atomic E-state index is 12.9. The fourth-order valence-corrected chi connectivity index (χ4v) is 4.00. The maximum absolute atomic E-state index is 12.9. The number of para-hydroxylation sites is 1. The number of nitrogens with two attached hydrogens (primary N) is 1. The van der Waals surface area contributed by atoms with E-state index in [0.29, 0.717) is 11.8 Å². The second kappa shape index (κ2) is 6.63. The molecule has 1 aromatic rings. The topological polar surface area (TPSA) is 64.4 Å². The van der Waals surface area contributed by atoms with Gasteiger partial charge in [-0.1, -0.05) is 12.1 Å². The number of alkyl halides is 3. The molecule has 2 saturated carbocycles. The summed E-state index contributed by atoms with van der Waals surface area (Å²) in [7, 11) is 0. The van der Waals surface area contributed by atoms with Crippen molar-refractivity contribution in [3.63, 3.8) is 0 Å². The van der Waals surface area contributed by atoms with Crippen molar-refractivity contribution in [3.05, 3.63) is 29.8 Å². The first-order chi connectivity index (χ1) is 11.4. The summed E-state index contributed by atoms with van der Waals surface area (Å²) >= 11 is 0. The minimum atomic E-state index is -4.46. The lowest BCUT2D eigenvalue weighted by atomic mass is 9.84. The fraction of sp³-hybridized carbons (Fsp3) is 0.588. The predicted molar refractivity (Wildman–Crippen MR) is 82.2 cm³/mol. The van der Waals surface area contributed by atoms with Crippen molar-refractivity contribution in [2.75, 3.05) is 13.2 Å². The molecule has 0 heterocycles. The molecular formula is C17H21F3N2O2. The molecule has 3 rings (SSSR count). The highest BCUT2D eigenvalue weighted by molar-refractivity contribution is 5.80. The zero-order valence-electron chi connectivity index (χ0n) is 13.2. The van der Waals surface area contributed by atoms with Crippen molar-refractivity contribution >= 4 is 5.91 Å². The highest BCUT2D eigenvalue weighted by Gasteiger charge is 2.48. The zero-order valence-corrected chi connectivity index (χ0v) is 13.2. The fourth-order valence-electron chi connectivity index (χ4n) is 4.00. The molecule has 0 spiro atoms. The monoisotopic (exact) mass is 342 g/mol. The summed E-state index contributed by atoms with van der Waals surface area (Å²) in [6.45, 7) is 0.139. The number of rotatable bonds is 5. The van der Waals surface area contributed by atoms with Crippen LogP contribution in [0, 0.1) is 17.8 Å². The molecule has 2 aliphatic rings. The van der Waals surface area contributed by atoms with E-state index >= 15 is 0 Å². The van der Waals surface area contributed by atoms with Gasteiger partial charge in [-0.2, -0.15) is 13.2 Å². The van der Waals surface area contributed by atoms with Crippen molar-refractivity contribution in [2.24, 2.45) is 23.5 Å². The van der Waals surface area contributed by atoms with E-state index in [1.165, 1.54) is 18.2 Å². The second-order valence-corrected chi connectivity index (χ2v) is 6.57. The van der Waals surface area contributed by atoms with Crippen LogP contribution in [0.3, 0.4) is 0 Å². The molecule has 0 aliphatic heterocycles. The molecule has 0 radical (unpaired) electrons. The van der Waals surface area contributed by atoms with Crippen molar-refractivity contribution in [1.82, 2.24) is 5.32 Å². The lowest BCUT2D eigenvalue weighted by molar-refractivity contribution is -0.139. The molecule has 1 aromatic carbocycles. The number of ether oxygens (including phenoxy) is 1. The van der Waals surface area contributed by atoms with E-state index in [9.17, 15) is 18.0 Å². The highest BCUT2D eigenvalue weighted by atomic mass is 19.4. The first-order valence-electron chi connectivity index (χ1n) is 8.20. The normalized spacial score (nSPS) is 28.8. The van der Waals surface area contributed by atoms with Gasteiger partial charge in [0, 0.05) is 6.04 Å². The Labute approximate surface area is 138 Å². The van der Waals surface area contributed by atoms with Crippen molar-refractivity contribution < 1.29 is 22.7 Å². The number of benzene rings is 1. The van der Waals surface area contributed by atoms with E-state index in [-0.39, 0.29) is 36.8 Å². The quantitative estimate of drug-likeness (QED) is 0.809. The molecule has 0 aromatic heterocycles. The third-order valence-corrected chi connectivity index (χ3v) is 5.13. The average Bonchev–Trinajstić information content (AvgIpc) is 3.12. The van der Waals surface area contributed by atoms with E-state index in [1.54, 1.807) is 0 Å². The average molecular weight is 342 g/mol. The molecule has 4 atom stereocenters. The lowest BCUT2D eigenvalue weighted by Crippen LogP contribution is -2.46. The van der Waals surface area contributed by atoms with Crippen LogP contribution < -0.4 is 15.8 Å². The Morgan fingerprint density at radius 1 is 1.25 bits per heavy atom. The Kier molecular flexibility index (Phi) is 4.71. The Bertz CT molecular complexity index is 604. The van der Waals surface area contributed by atoms with Gasteiger partial charge in [0.1, 0.15) is 12.4 Å². The van der Waals surface area contributed by atoms with E-state index in [1.807, 2.05) is 0 Å². The van der Waals surface area contributed by atoms with Crippen LogP contribution >= 0.6 is 0 Å². The van der Waals surface area contributed by atoms with Crippen LogP contribution in [0.1, 0.15) is 24.8 Å². The highest BCUT2D eigenvalue weighted by Crippen LogP contribution is 2.47. The van der Waals surface area contributed by atoms with Gasteiger partial charge in [-0.3, -0.25) is 4.79 Å². The number of hydrogen-bond donors (Lipinski definition) is 2. The molecule has 2 bridgehead atoms. The number of fused-ring (bicyclic) bond motifs is 2. The largest absolute Gasteiger partial charge is 0.491 e. The zero-order chi connectivity index (χ0) is 17.3. The van der Waals surface area contributed by atoms with Gasteiger partial charge in [0.2, 0.25) is 5.91 Å². The number of amides is 1. The third kappa shape index (κ3) is 3.36. The standard InChI is InChI=1S/C17H21F3N2O2/c18-17(19,20)12-3-1-2-4-13(12)24-8-7-22-16(23)14-10-5-6-11(9-10)15(14)21/h1-4,10-11,14-15H,5-9,21H2,(H,22,23). The Hall–Kier alpha value is -1.76. The predicted octanol–water partition coefficient (Wildman–Crippen LogP) is 2.57. The van der Waals surface area contributed by atoms with Crippen LogP contribution in [0.25, 0.3) is 0 Å². The van der Waals surface area contributed by atoms with Gasteiger partial charge in [0.25, 0.3) is 0 Å². The van der Waals surface area contributed by atoms with Gasteiger partial charge in [-0.25, -0.2) is 0 Å². The van der Waals surface area contributed by atoms with Crippen molar-refractivity contribution in [1.29, 1.82) is 0 Å². The molecular weight excluding hydrogens is 321 g/mol. The van der Waals surface area contributed by atoms with Crippen LogP contribution in [0.5, 0.6) is 5.75 Å². The summed E-state index contributed by atoms with van der Waals surface area (Å²) < 4.78 is 43.8. The molecule has 0 saturated heterocycles. The maximum Gasteiger partial charge on any atom is 0.419 e. The number of halogens is 3.